The third kappa shape index (κ3) is 3.41. The molecule has 2 aromatic rings. The number of amides is 3. The first-order valence-electron chi connectivity index (χ1n) is 8.72. The molecule has 1 aliphatic rings. The minimum atomic E-state index is -0.926. The zero-order chi connectivity index (χ0) is 20.3. The summed E-state index contributed by atoms with van der Waals surface area (Å²) in [6.07, 6.45) is -0.306. The van der Waals surface area contributed by atoms with Crippen LogP contribution in [0.4, 0.5) is 0 Å². The van der Waals surface area contributed by atoms with Crippen molar-refractivity contribution in [2.24, 2.45) is 0 Å². The highest BCUT2D eigenvalue weighted by molar-refractivity contribution is 6.21. The van der Waals surface area contributed by atoms with Crippen molar-refractivity contribution in [3.8, 4) is 11.5 Å². The Balaban J connectivity index is 2.06. The average Bonchev–Trinajstić information content (AvgIpc) is 2.97. The summed E-state index contributed by atoms with van der Waals surface area (Å²) in [6, 6.07) is 10.5. The number of hydrogen-bond acceptors (Lipinski definition) is 6. The number of carbonyl (C=O) groups excluding carboxylic acids is 3. The minimum Gasteiger partial charge on any atom is -0.493 e. The van der Waals surface area contributed by atoms with Gasteiger partial charge in [0.1, 0.15) is 0 Å². The molecule has 3 rings (SSSR count). The standard InChI is InChI=1S/C20H20N2O6/c1-3-28-17-10-12(8-9-16(17)27-2)15(11-18(23)21-26)22-19(24)13-6-4-5-7-14(13)20(22)25/h4-10,15,26H,3,11H2,1-2H3,(H,21,23). The van der Waals surface area contributed by atoms with Crippen LogP contribution < -0.4 is 15.0 Å². The van der Waals surface area contributed by atoms with E-state index in [-0.39, 0.29) is 17.5 Å². The Hall–Kier alpha value is -3.39. The third-order valence-electron chi connectivity index (χ3n) is 4.51. The fourth-order valence-corrected chi connectivity index (χ4v) is 3.24. The number of imide groups is 1. The summed E-state index contributed by atoms with van der Waals surface area (Å²) in [6.45, 7) is 2.20. The number of hydroxylamine groups is 1. The maximum absolute atomic E-state index is 12.9. The van der Waals surface area contributed by atoms with Crippen molar-refractivity contribution in [3.63, 3.8) is 0 Å². The summed E-state index contributed by atoms with van der Waals surface area (Å²) < 4.78 is 10.8. The van der Waals surface area contributed by atoms with Crippen LogP contribution in [0.5, 0.6) is 11.5 Å². The number of carbonyl (C=O) groups is 3. The van der Waals surface area contributed by atoms with E-state index in [0.717, 1.165) is 4.90 Å². The fourth-order valence-electron chi connectivity index (χ4n) is 3.24. The summed E-state index contributed by atoms with van der Waals surface area (Å²) >= 11 is 0. The molecule has 0 fully saturated rings. The van der Waals surface area contributed by atoms with Crippen LogP contribution in [0.2, 0.25) is 0 Å². The molecule has 0 bridgehead atoms. The molecule has 3 amide bonds. The Bertz CT molecular complexity index is 892. The van der Waals surface area contributed by atoms with Crippen LogP contribution in [0.3, 0.4) is 0 Å². The highest BCUT2D eigenvalue weighted by atomic mass is 16.5. The van der Waals surface area contributed by atoms with Gasteiger partial charge in [-0.2, -0.15) is 0 Å². The molecule has 0 spiro atoms. The molecule has 2 aromatic carbocycles. The molecule has 0 aliphatic carbocycles. The topological polar surface area (TPSA) is 105 Å². The normalized spacial score (nSPS) is 13.9. The van der Waals surface area contributed by atoms with Gasteiger partial charge in [-0.05, 0) is 36.8 Å². The molecule has 8 heteroatoms. The van der Waals surface area contributed by atoms with E-state index < -0.39 is 23.8 Å². The molecule has 0 radical (unpaired) electrons. The van der Waals surface area contributed by atoms with Gasteiger partial charge >= 0.3 is 0 Å². The van der Waals surface area contributed by atoms with Crippen molar-refractivity contribution in [1.82, 2.24) is 10.4 Å². The van der Waals surface area contributed by atoms with Crippen molar-refractivity contribution in [1.29, 1.82) is 0 Å². The molecular formula is C20H20N2O6. The number of hydrogen-bond donors (Lipinski definition) is 2. The number of fused-ring (bicyclic) bond motifs is 1. The summed E-state index contributed by atoms with van der Waals surface area (Å²) in [5.41, 5.74) is 2.62. The van der Waals surface area contributed by atoms with Gasteiger partial charge in [0, 0.05) is 0 Å². The lowest BCUT2D eigenvalue weighted by molar-refractivity contribution is -0.130. The predicted molar refractivity (Wildman–Crippen MR) is 98.4 cm³/mol. The molecule has 1 unspecified atom stereocenters. The van der Waals surface area contributed by atoms with Gasteiger partial charge in [-0.25, -0.2) is 5.48 Å². The lowest BCUT2D eigenvalue weighted by Gasteiger charge is -2.26. The van der Waals surface area contributed by atoms with Gasteiger partial charge in [0.2, 0.25) is 5.91 Å². The van der Waals surface area contributed by atoms with Gasteiger partial charge in [-0.15, -0.1) is 0 Å². The summed E-state index contributed by atoms with van der Waals surface area (Å²) in [4.78, 5) is 38.7. The molecule has 1 aliphatic heterocycles. The first-order chi connectivity index (χ1) is 13.5. The second-order valence-corrected chi connectivity index (χ2v) is 6.12. The lowest BCUT2D eigenvalue weighted by atomic mass is 10.0. The van der Waals surface area contributed by atoms with E-state index in [2.05, 4.69) is 0 Å². The lowest BCUT2D eigenvalue weighted by Crippen LogP contribution is -2.37. The van der Waals surface area contributed by atoms with Crippen molar-refractivity contribution < 1.29 is 29.1 Å². The predicted octanol–water partition coefficient (Wildman–Crippen LogP) is 2.33. The maximum Gasteiger partial charge on any atom is 0.262 e. The molecule has 0 saturated carbocycles. The molecule has 0 saturated heterocycles. The van der Waals surface area contributed by atoms with E-state index in [1.54, 1.807) is 47.9 Å². The van der Waals surface area contributed by atoms with Gasteiger partial charge in [0.05, 0.1) is 37.3 Å². The SMILES string of the molecule is CCOc1cc(C(CC(=O)NO)N2C(=O)c3ccccc3C2=O)ccc1OC. The van der Waals surface area contributed by atoms with Gasteiger partial charge in [-0.3, -0.25) is 24.5 Å². The fraction of sp³-hybridized carbons (Fsp3) is 0.250. The van der Waals surface area contributed by atoms with E-state index >= 15 is 0 Å². The quantitative estimate of drug-likeness (QED) is 0.431. The zero-order valence-electron chi connectivity index (χ0n) is 15.5. The van der Waals surface area contributed by atoms with Crippen molar-refractivity contribution in [2.45, 2.75) is 19.4 Å². The van der Waals surface area contributed by atoms with Crippen molar-refractivity contribution >= 4 is 17.7 Å². The third-order valence-corrected chi connectivity index (χ3v) is 4.51. The molecule has 146 valence electrons. The highest BCUT2D eigenvalue weighted by Gasteiger charge is 2.41. The van der Waals surface area contributed by atoms with E-state index in [4.69, 9.17) is 14.7 Å². The van der Waals surface area contributed by atoms with E-state index in [9.17, 15) is 14.4 Å². The Labute approximate surface area is 161 Å². The van der Waals surface area contributed by atoms with Crippen molar-refractivity contribution in [3.05, 3.63) is 59.2 Å². The summed E-state index contributed by atoms with van der Waals surface area (Å²) in [5, 5.41) is 8.97. The number of rotatable bonds is 7. The number of benzene rings is 2. The van der Waals surface area contributed by atoms with E-state index in [1.807, 2.05) is 6.92 Å². The number of nitrogens with zero attached hydrogens (tertiary/aromatic N) is 1. The second-order valence-electron chi connectivity index (χ2n) is 6.12. The van der Waals surface area contributed by atoms with Crippen LogP contribution in [0.1, 0.15) is 45.7 Å². The molecule has 1 heterocycles. The first kappa shape index (κ1) is 19.4. The second kappa shape index (κ2) is 8.10. The largest absolute Gasteiger partial charge is 0.493 e. The number of ether oxygens (including phenoxy) is 2. The Morgan fingerprint density at radius 3 is 2.29 bits per heavy atom. The highest BCUT2D eigenvalue weighted by Crippen LogP contribution is 2.37. The molecule has 8 nitrogen and oxygen atoms in total. The summed E-state index contributed by atoms with van der Waals surface area (Å²) in [5.74, 6) is -0.808. The molecule has 2 N–H and O–H groups in total. The first-order valence-corrected chi connectivity index (χ1v) is 8.72. The van der Waals surface area contributed by atoms with Gasteiger partial charge in [0.15, 0.2) is 11.5 Å². The Morgan fingerprint density at radius 2 is 1.75 bits per heavy atom. The van der Waals surface area contributed by atoms with Gasteiger partial charge in [0.25, 0.3) is 11.8 Å². The van der Waals surface area contributed by atoms with Crippen LogP contribution in [-0.2, 0) is 4.79 Å². The van der Waals surface area contributed by atoms with E-state index in [0.29, 0.717) is 23.7 Å². The number of nitrogens with one attached hydrogen (secondary N) is 1. The minimum absolute atomic E-state index is 0.278. The molecule has 0 aromatic heterocycles. The van der Waals surface area contributed by atoms with Crippen molar-refractivity contribution in [2.75, 3.05) is 13.7 Å². The maximum atomic E-state index is 12.9. The molecular weight excluding hydrogens is 364 g/mol. The van der Waals surface area contributed by atoms with Crippen LogP contribution in [0, 0.1) is 0 Å². The van der Waals surface area contributed by atoms with Crippen LogP contribution in [-0.4, -0.2) is 41.5 Å². The number of methoxy groups -OCH3 is 1. The Morgan fingerprint density at radius 1 is 1.11 bits per heavy atom. The average molecular weight is 384 g/mol. The monoisotopic (exact) mass is 384 g/mol. The van der Waals surface area contributed by atoms with Crippen LogP contribution >= 0.6 is 0 Å². The molecule has 28 heavy (non-hydrogen) atoms. The van der Waals surface area contributed by atoms with Crippen LogP contribution in [0.25, 0.3) is 0 Å². The van der Waals surface area contributed by atoms with Crippen LogP contribution in [0.15, 0.2) is 42.5 Å². The summed E-state index contributed by atoms with van der Waals surface area (Å²) in [7, 11) is 1.50. The molecule has 1 atom stereocenters. The van der Waals surface area contributed by atoms with Gasteiger partial charge < -0.3 is 9.47 Å². The van der Waals surface area contributed by atoms with E-state index in [1.165, 1.54) is 7.11 Å². The zero-order valence-corrected chi connectivity index (χ0v) is 15.5. The Kier molecular flexibility index (Phi) is 5.60. The van der Waals surface area contributed by atoms with Gasteiger partial charge in [-0.1, -0.05) is 18.2 Å². The smallest absolute Gasteiger partial charge is 0.262 e.